The van der Waals surface area contributed by atoms with Gasteiger partial charge in [-0.2, -0.15) is 0 Å². The van der Waals surface area contributed by atoms with E-state index < -0.39 is 0 Å². The summed E-state index contributed by atoms with van der Waals surface area (Å²) in [5.74, 6) is 1.38. The van der Waals surface area contributed by atoms with Crippen LogP contribution in [0.5, 0.6) is 5.88 Å². The number of hydrogen-bond donors (Lipinski definition) is 2. The van der Waals surface area contributed by atoms with Crippen molar-refractivity contribution in [1.82, 2.24) is 19.9 Å². The topological polar surface area (TPSA) is 75.2 Å². The van der Waals surface area contributed by atoms with Gasteiger partial charge in [-0.05, 0) is 0 Å². The first-order valence-electron chi connectivity index (χ1n) is 6.74. The molecule has 2 N–H and O–H groups in total. The second kappa shape index (κ2) is 6.23. The largest absolute Gasteiger partial charge is 0.481 e. The van der Waals surface area contributed by atoms with Gasteiger partial charge in [0, 0.05) is 43.8 Å². The molecule has 3 rings (SSSR count). The Kier molecular flexibility index (Phi) is 4.16. The van der Waals surface area contributed by atoms with E-state index in [1.807, 2.05) is 19.3 Å². The molecule has 1 aliphatic rings. The molecule has 0 saturated carbocycles. The van der Waals surface area contributed by atoms with Crippen LogP contribution in [0, 0.1) is 0 Å². The van der Waals surface area contributed by atoms with E-state index in [2.05, 4.69) is 30.5 Å². The van der Waals surface area contributed by atoms with E-state index in [-0.39, 0.29) is 0 Å². The van der Waals surface area contributed by atoms with E-state index in [9.17, 15) is 0 Å². The van der Waals surface area contributed by atoms with Gasteiger partial charge in [0.1, 0.15) is 12.1 Å². The summed E-state index contributed by atoms with van der Waals surface area (Å²) in [7, 11) is 3.49. The Hall–Kier alpha value is -1.93. The number of ether oxygens (including phenoxy) is 1. The van der Waals surface area contributed by atoms with Crippen LogP contribution >= 0.6 is 11.3 Å². The first-order valence-corrected chi connectivity index (χ1v) is 7.56. The molecule has 0 amide bonds. The Morgan fingerprint density at radius 1 is 1.38 bits per heavy atom. The first kappa shape index (κ1) is 14.0. The molecule has 0 spiro atoms. The lowest BCUT2D eigenvalue weighted by atomic mass is 10.1. The summed E-state index contributed by atoms with van der Waals surface area (Å²) in [4.78, 5) is 16.1. The van der Waals surface area contributed by atoms with Crippen LogP contribution in [0.1, 0.15) is 4.88 Å². The van der Waals surface area contributed by atoms with E-state index in [1.54, 1.807) is 18.4 Å². The minimum absolute atomic E-state index is 0.418. The lowest BCUT2D eigenvalue weighted by Crippen LogP contribution is -2.54. The molecule has 2 aromatic heterocycles. The Bertz CT molecular complexity index is 598. The average molecular weight is 306 g/mol. The van der Waals surface area contributed by atoms with Crippen LogP contribution in [0.3, 0.4) is 0 Å². The average Bonchev–Trinajstić information content (AvgIpc) is 2.93. The van der Waals surface area contributed by atoms with Crippen molar-refractivity contribution in [3.8, 4) is 5.88 Å². The standard InChI is InChI=1S/C13H18N6OS/c1-14-13-15-4-10(21-13)7-19-5-9(6-19)18-11-3-12(20-2)17-8-16-11/h3-4,8-9H,5-7H2,1-2H3,(H,14,15)(H,16,17,18). The number of anilines is 2. The Morgan fingerprint density at radius 2 is 2.24 bits per heavy atom. The molecule has 1 saturated heterocycles. The number of aromatic nitrogens is 3. The number of methoxy groups -OCH3 is 1. The maximum absolute atomic E-state index is 5.09. The van der Waals surface area contributed by atoms with E-state index in [0.717, 1.165) is 30.6 Å². The van der Waals surface area contributed by atoms with Crippen LogP contribution in [0.4, 0.5) is 10.9 Å². The van der Waals surface area contributed by atoms with Crippen LogP contribution in [-0.2, 0) is 6.54 Å². The summed E-state index contributed by atoms with van der Waals surface area (Å²) >= 11 is 1.70. The zero-order chi connectivity index (χ0) is 14.7. The van der Waals surface area contributed by atoms with Gasteiger partial charge in [-0.1, -0.05) is 0 Å². The number of hydrogen-bond acceptors (Lipinski definition) is 8. The first-order chi connectivity index (χ1) is 10.3. The Morgan fingerprint density at radius 3 is 2.95 bits per heavy atom. The lowest BCUT2D eigenvalue weighted by Gasteiger charge is -2.39. The van der Waals surface area contributed by atoms with E-state index in [1.165, 1.54) is 11.2 Å². The minimum Gasteiger partial charge on any atom is -0.481 e. The molecule has 1 fully saturated rings. The number of nitrogens with zero attached hydrogens (tertiary/aromatic N) is 4. The van der Waals surface area contributed by atoms with Crippen molar-refractivity contribution in [1.29, 1.82) is 0 Å². The fourth-order valence-corrected chi connectivity index (χ4v) is 3.05. The quantitative estimate of drug-likeness (QED) is 0.832. The van der Waals surface area contributed by atoms with Crippen LogP contribution in [0.15, 0.2) is 18.6 Å². The van der Waals surface area contributed by atoms with Crippen molar-refractivity contribution in [3.63, 3.8) is 0 Å². The molecule has 3 heterocycles. The molecule has 0 atom stereocenters. The summed E-state index contributed by atoms with van der Waals surface area (Å²) in [5, 5.41) is 7.41. The van der Waals surface area contributed by atoms with Gasteiger partial charge in [0.15, 0.2) is 5.13 Å². The second-order valence-corrected chi connectivity index (χ2v) is 5.98. The smallest absolute Gasteiger partial charge is 0.218 e. The van der Waals surface area contributed by atoms with Crippen LogP contribution in [-0.4, -0.2) is 53.1 Å². The summed E-state index contributed by atoms with van der Waals surface area (Å²) in [6.07, 6.45) is 3.45. The molecule has 0 aliphatic carbocycles. The highest BCUT2D eigenvalue weighted by Gasteiger charge is 2.27. The van der Waals surface area contributed by atoms with Gasteiger partial charge in [0.05, 0.1) is 13.2 Å². The zero-order valence-corrected chi connectivity index (χ0v) is 12.9. The predicted octanol–water partition coefficient (Wildman–Crippen LogP) is 1.28. The molecule has 112 valence electrons. The molecule has 8 heteroatoms. The van der Waals surface area contributed by atoms with Crippen molar-refractivity contribution < 1.29 is 4.74 Å². The highest BCUT2D eigenvalue weighted by Crippen LogP contribution is 2.22. The van der Waals surface area contributed by atoms with Crippen molar-refractivity contribution in [2.24, 2.45) is 0 Å². The number of nitrogens with one attached hydrogen (secondary N) is 2. The normalized spacial score (nSPS) is 15.5. The number of rotatable bonds is 6. The number of likely N-dealkylation sites (tertiary alicyclic amines) is 1. The summed E-state index contributed by atoms with van der Waals surface area (Å²) in [6.45, 7) is 2.95. The van der Waals surface area contributed by atoms with Gasteiger partial charge in [-0.15, -0.1) is 11.3 Å². The van der Waals surface area contributed by atoms with E-state index >= 15 is 0 Å². The molecular formula is C13H18N6OS. The van der Waals surface area contributed by atoms with Gasteiger partial charge in [-0.25, -0.2) is 15.0 Å². The predicted molar refractivity (Wildman–Crippen MR) is 82.9 cm³/mol. The SMILES string of the molecule is CNc1ncc(CN2CC(Nc3cc(OC)ncn3)C2)s1. The molecule has 0 unspecified atom stereocenters. The maximum atomic E-state index is 5.09. The summed E-state index contributed by atoms with van der Waals surface area (Å²) in [6, 6.07) is 2.23. The van der Waals surface area contributed by atoms with Crippen molar-refractivity contribution >= 4 is 22.3 Å². The van der Waals surface area contributed by atoms with E-state index in [0.29, 0.717) is 11.9 Å². The second-order valence-electron chi connectivity index (χ2n) is 4.86. The highest BCUT2D eigenvalue weighted by molar-refractivity contribution is 7.15. The summed E-state index contributed by atoms with van der Waals surface area (Å²) < 4.78 is 5.09. The van der Waals surface area contributed by atoms with Gasteiger partial charge in [0.25, 0.3) is 0 Å². The Balaban J connectivity index is 1.47. The number of thiazole rings is 1. The van der Waals surface area contributed by atoms with Crippen molar-refractivity contribution in [3.05, 3.63) is 23.5 Å². The molecule has 1 aliphatic heterocycles. The summed E-state index contributed by atoms with van der Waals surface area (Å²) in [5.41, 5.74) is 0. The fraction of sp³-hybridized carbons (Fsp3) is 0.462. The molecule has 2 aromatic rings. The van der Waals surface area contributed by atoms with Crippen LogP contribution in [0.2, 0.25) is 0 Å². The van der Waals surface area contributed by atoms with Crippen molar-refractivity contribution in [2.75, 3.05) is 37.9 Å². The Labute approximate surface area is 127 Å². The van der Waals surface area contributed by atoms with Gasteiger partial charge in [-0.3, -0.25) is 4.90 Å². The zero-order valence-electron chi connectivity index (χ0n) is 12.0. The van der Waals surface area contributed by atoms with Gasteiger partial charge >= 0.3 is 0 Å². The lowest BCUT2D eigenvalue weighted by molar-refractivity contribution is 0.154. The van der Waals surface area contributed by atoms with Crippen LogP contribution in [0.25, 0.3) is 0 Å². The van der Waals surface area contributed by atoms with Gasteiger partial charge < -0.3 is 15.4 Å². The third-order valence-corrected chi connectivity index (χ3v) is 4.31. The van der Waals surface area contributed by atoms with Crippen molar-refractivity contribution in [2.45, 2.75) is 12.6 Å². The minimum atomic E-state index is 0.418. The third-order valence-electron chi connectivity index (χ3n) is 3.31. The molecule has 7 nitrogen and oxygen atoms in total. The highest BCUT2D eigenvalue weighted by atomic mass is 32.1. The molecule has 0 aromatic carbocycles. The van der Waals surface area contributed by atoms with E-state index in [4.69, 9.17) is 4.74 Å². The fourth-order valence-electron chi connectivity index (χ4n) is 2.25. The maximum Gasteiger partial charge on any atom is 0.218 e. The van der Waals surface area contributed by atoms with Gasteiger partial charge in [0.2, 0.25) is 5.88 Å². The third kappa shape index (κ3) is 3.40. The molecule has 0 bridgehead atoms. The molecular weight excluding hydrogens is 288 g/mol. The van der Waals surface area contributed by atoms with Crippen LogP contribution < -0.4 is 15.4 Å². The molecule has 21 heavy (non-hydrogen) atoms. The monoisotopic (exact) mass is 306 g/mol. The molecule has 0 radical (unpaired) electrons.